The first-order valence-electron chi connectivity index (χ1n) is 15.7. The molecule has 1 saturated carbocycles. The number of piperazine rings is 1. The van der Waals surface area contributed by atoms with Gasteiger partial charge in [0.2, 0.25) is 0 Å². The van der Waals surface area contributed by atoms with Crippen LogP contribution in [0.2, 0.25) is 5.02 Å². The molecule has 6 rings (SSSR count). The lowest BCUT2D eigenvalue weighted by molar-refractivity contribution is -0.131. The molecule has 0 bridgehead atoms. The number of hydrogen-bond acceptors (Lipinski definition) is 8. The van der Waals surface area contributed by atoms with Crippen molar-refractivity contribution in [3.63, 3.8) is 0 Å². The van der Waals surface area contributed by atoms with Crippen LogP contribution in [0.4, 0.5) is 24.7 Å². The van der Waals surface area contributed by atoms with E-state index in [0.717, 1.165) is 16.6 Å². The third kappa shape index (κ3) is 6.56. The number of alkyl halides is 1. The van der Waals surface area contributed by atoms with Crippen LogP contribution in [0, 0.1) is 22.6 Å². The summed E-state index contributed by atoms with van der Waals surface area (Å²) in [6.45, 7) is 5.77. The van der Waals surface area contributed by atoms with Gasteiger partial charge in [-0.05, 0) is 50.9 Å². The number of nitrogens with zero attached hydrogens (tertiary/aromatic N) is 7. The van der Waals surface area contributed by atoms with Gasteiger partial charge in [0, 0.05) is 54.8 Å². The van der Waals surface area contributed by atoms with E-state index in [4.69, 9.17) is 26.3 Å². The molecule has 13 heteroatoms. The van der Waals surface area contributed by atoms with Gasteiger partial charge >= 0.3 is 6.01 Å². The van der Waals surface area contributed by atoms with E-state index in [0.29, 0.717) is 62.3 Å². The van der Waals surface area contributed by atoms with Crippen molar-refractivity contribution >= 4 is 39.8 Å². The van der Waals surface area contributed by atoms with Gasteiger partial charge in [0.15, 0.2) is 5.83 Å². The number of hydrogen-bond donors (Lipinski definition) is 0. The van der Waals surface area contributed by atoms with Crippen molar-refractivity contribution in [1.29, 1.82) is 5.26 Å². The molecule has 3 aromatic rings. The third-order valence-corrected chi connectivity index (χ3v) is 9.72. The predicted molar refractivity (Wildman–Crippen MR) is 175 cm³/mol. The fourth-order valence-corrected chi connectivity index (χ4v) is 7.56. The van der Waals surface area contributed by atoms with E-state index in [-0.39, 0.29) is 42.6 Å². The smallest absolute Gasteiger partial charge is 0.318 e. The van der Waals surface area contributed by atoms with Gasteiger partial charge in [-0.1, -0.05) is 36.4 Å². The monoisotopic (exact) mass is 667 g/mol. The second-order valence-electron chi connectivity index (χ2n) is 13.1. The lowest BCUT2D eigenvalue weighted by Gasteiger charge is -2.45. The van der Waals surface area contributed by atoms with Gasteiger partial charge in [-0.3, -0.25) is 4.79 Å². The molecule has 1 saturated heterocycles. The average molecular weight is 668 g/mol. The molecule has 1 aliphatic carbocycles. The molecule has 2 fully saturated rings. The van der Waals surface area contributed by atoms with Crippen molar-refractivity contribution in [2.24, 2.45) is 5.41 Å². The first-order valence-corrected chi connectivity index (χ1v) is 16.1. The summed E-state index contributed by atoms with van der Waals surface area (Å²) in [4.78, 5) is 29.7. The second kappa shape index (κ2) is 13.2. The van der Waals surface area contributed by atoms with Crippen molar-refractivity contribution in [3.05, 3.63) is 64.8 Å². The zero-order valence-corrected chi connectivity index (χ0v) is 27.2. The van der Waals surface area contributed by atoms with Crippen LogP contribution in [0.25, 0.3) is 10.8 Å². The first kappa shape index (κ1) is 32.8. The number of rotatable bonds is 9. The van der Waals surface area contributed by atoms with Gasteiger partial charge in [-0.25, -0.2) is 13.2 Å². The molecule has 0 spiro atoms. The maximum Gasteiger partial charge on any atom is 0.318 e. The largest absolute Gasteiger partial charge is 0.463 e. The molecule has 47 heavy (non-hydrogen) atoms. The number of amides is 1. The number of ether oxygens (including phenoxy) is 1. The number of benzene rings is 2. The summed E-state index contributed by atoms with van der Waals surface area (Å²) in [5.74, 6) is -1.76. The van der Waals surface area contributed by atoms with Gasteiger partial charge in [-0.15, -0.1) is 0 Å². The Bertz CT molecular complexity index is 1740. The molecule has 9 nitrogen and oxygen atoms in total. The lowest BCUT2D eigenvalue weighted by atomic mass is 9.67. The Morgan fingerprint density at radius 3 is 2.68 bits per heavy atom. The Labute approximate surface area is 277 Å². The van der Waals surface area contributed by atoms with Gasteiger partial charge in [0.1, 0.15) is 17.8 Å². The Morgan fingerprint density at radius 2 is 1.98 bits per heavy atom. The quantitative estimate of drug-likeness (QED) is 0.278. The molecule has 1 atom stereocenters. The molecule has 2 aromatic carbocycles. The van der Waals surface area contributed by atoms with E-state index in [1.165, 1.54) is 11.0 Å². The van der Waals surface area contributed by atoms with E-state index < -0.39 is 29.8 Å². The zero-order valence-electron chi connectivity index (χ0n) is 26.5. The van der Waals surface area contributed by atoms with Crippen LogP contribution in [-0.2, 0) is 17.8 Å². The number of fused-ring (bicyclic) bond motifs is 2. The highest BCUT2D eigenvalue weighted by atomic mass is 35.5. The maximum absolute atomic E-state index is 14.6. The number of anilines is 2. The van der Waals surface area contributed by atoms with Crippen molar-refractivity contribution in [2.75, 3.05) is 63.2 Å². The minimum Gasteiger partial charge on any atom is -0.463 e. The van der Waals surface area contributed by atoms with Gasteiger partial charge in [-0.2, -0.15) is 15.2 Å². The normalized spacial score (nSPS) is 22.6. The fraction of sp³-hybridized carbons (Fsp3) is 0.471. The number of halogens is 4. The Balaban J connectivity index is 1.35. The Hall–Kier alpha value is -4.08. The Kier molecular flexibility index (Phi) is 9.23. The van der Waals surface area contributed by atoms with Crippen molar-refractivity contribution in [1.82, 2.24) is 19.8 Å². The topological polar surface area (TPSA) is 88.8 Å². The fourth-order valence-electron chi connectivity index (χ4n) is 7.29. The second-order valence-corrected chi connectivity index (χ2v) is 13.4. The van der Waals surface area contributed by atoms with Crippen molar-refractivity contribution in [3.8, 4) is 12.1 Å². The van der Waals surface area contributed by atoms with E-state index >= 15 is 0 Å². The molecule has 0 radical (unpaired) electrons. The van der Waals surface area contributed by atoms with E-state index in [9.17, 15) is 23.2 Å². The summed E-state index contributed by atoms with van der Waals surface area (Å²) in [5, 5.41) is 11.0. The first-order chi connectivity index (χ1) is 22.5. The minimum atomic E-state index is -1.07. The van der Waals surface area contributed by atoms with Crippen LogP contribution < -0.4 is 14.5 Å². The molecule has 1 unspecified atom stereocenters. The van der Waals surface area contributed by atoms with Crippen molar-refractivity contribution < 1.29 is 22.7 Å². The number of carbonyl (C=O) groups excluding carboxylic acids is 1. The summed E-state index contributed by atoms with van der Waals surface area (Å²) in [5.41, 5.74) is 2.02. The van der Waals surface area contributed by atoms with Crippen LogP contribution in [-0.4, -0.2) is 91.3 Å². The van der Waals surface area contributed by atoms with Crippen LogP contribution in [0.1, 0.15) is 30.5 Å². The van der Waals surface area contributed by atoms with Crippen LogP contribution in [0.5, 0.6) is 6.01 Å². The van der Waals surface area contributed by atoms with Crippen LogP contribution in [0.15, 0.2) is 42.7 Å². The molecule has 1 aromatic heterocycles. The summed E-state index contributed by atoms with van der Waals surface area (Å²) in [7, 11) is 3.89. The average Bonchev–Trinajstić information content (AvgIpc) is 3.03. The molecule has 3 heterocycles. The molecule has 248 valence electrons. The summed E-state index contributed by atoms with van der Waals surface area (Å²) in [6.07, 6.45) is 0.462. The highest BCUT2D eigenvalue weighted by Crippen LogP contribution is 2.44. The van der Waals surface area contributed by atoms with E-state index in [1.807, 2.05) is 42.1 Å². The summed E-state index contributed by atoms with van der Waals surface area (Å²) >= 11 is 6.48. The molecule has 2 aliphatic heterocycles. The van der Waals surface area contributed by atoms with Crippen molar-refractivity contribution in [2.45, 2.75) is 44.4 Å². The Morgan fingerprint density at radius 1 is 1.19 bits per heavy atom. The number of aromatic nitrogens is 2. The SMILES string of the molecule is C=C(F)C(=O)N1CCN(c2nc(OCC3(CN(C)C)CC(F)C3)nc3c2CCN(c2cccc4ccc(F)c(Cl)c24)C3)CC1CC#N. The maximum atomic E-state index is 14.6. The highest BCUT2D eigenvalue weighted by Gasteiger charge is 2.46. The van der Waals surface area contributed by atoms with E-state index in [2.05, 4.69) is 17.5 Å². The predicted octanol–water partition coefficient (Wildman–Crippen LogP) is 5.46. The summed E-state index contributed by atoms with van der Waals surface area (Å²) in [6, 6.07) is 10.5. The van der Waals surface area contributed by atoms with Gasteiger partial charge < -0.3 is 24.3 Å². The molecule has 1 amide bonds. The number of carbonyl (C=O) groups is 1. The van der Waals surface area contributed by atoms with Gasteiger partial charge in [0.25, 0.3) is 5.91 Å². The molecule has 3 aliphatic rings. The third-order valence-electron chi connectivity index (χ3n) is 9.35. The molecular weight excluding hydrogens is 631 g/mol. The molecule has 0 N–H and O–H groups in total. The van der Waals surface area contributed by atoms with Gasteiger partial charge in [0.05, 0.1) is 42.4 Å². The number of nitriles is 1. The lowest BCUT2D eigenvalue weighted by Crippen LogP contribution is -2.55. The minimum absolute atomic E-state index is 0.00970. The zero-order chi connectivity index (χ0) is 33.5. The standard InChI is InChI=1S/C34H37ClF3N7O2/c1-21(36)32(46)45-14-13-44(17-24(45)9-11-39)31-25-10-12-43(28-6-4-5-22-7-8-26(38)30(35)29(22)28)18-27(25)40-33(41-31)47-20-34(19-42(2)3)15-23(37)16-34/h4-8,23-24H,1,9-10,12-20H2,2-3H3. The molecular formula is C34H37ClF3N7O2. The van der Waals surface area contributed by atoms with Crippen LogP contribution in [0.3, 0.4) is 0 Å². The highest BCUT2D eigenvalue weighted by molar-refractivity contribution is 6.36. The van der Waals surface area contributed by atoms with Crippen LogP contribution >= 0.6 is 11.6 Å². The van der Waals surface area contributed by atoms with E-state index in [1.54, 1.807) is 6.07 Å². The summed E-state index contributed by atoms with van der Waals surface area (Å²) < 4.78 is 48.8.